The molecule has 19 heavy (non-hydrogen) atoms. The Kier molecular flexibility index (Phi) is 4.88. The number of piperidine rings is 1. The predicted octanol–water partition coefficient (Wildman–Crippen LogP) is 2.85. The molecule has 0 radical (unpaired) electrons. The second-order valence-electron chi connectivity index (χ2n) is 7.37. The van der Waals surface area contributed by atoms with E-state index in [0.717, 1.165) is 19.4 Å². The van der Waals surface area contributed by atoms with Crippen molar-refractivity contribution >= 4 is 5.91 Å². The van der Waals surface area contributed by atoms with Gasteiger partial charge in [0.25, 0.3) is 0 Å². The minimum Gasteiger partial charge on any atom is -0.352 e. The highest BCUT2D eigenvalue weighted by Crippen LogP contribution is 2.38. The molecule has 2 aliphatic rings. The molecule has 1 heterocycles. The van der Waals surface area contributed by atoms with E-state index in [4.69, 9.17) is 0 Å². The summed E-state index contributed by atoms with van der Waals surface area (Å²) in [5, 5.41) is 6.69. The second kappa shape index (κ2) is 6.25. The highest BCUT2D eigenvalue weighted by atomic mass is 16.2. The Morgan fingerprint density at radius 2 is 1.74 bits per heavy atom. The molecule has 1 saturated heterocycles. The van der Waals surface area contributed by atoms with Gasteiger partial charge in [0.05, 0.1) is 6.04 Å². The van der Waals surface area contributed by atoms with Crippen molar-refractivity contribution in [2.24, 2.45) is 11.3 Å². The van der Waals surface area contributed by atoms with Crippen LogP contribution in [0.15, 0.2) is 0 Å². The molecule has 3 unspecified atom stereocenters. The first-order valence-electron chi connectivity index (χ1n) is 8.02. The molecule has 2 N–H and O–H groups in total. The summed E-state index contributed by atoms with van der Waals surface area (Å²) in [6, 6.07) is 0.432. The van der Waals surface area contributed by atoms with Crippen molar-refractivity contribution < 1.29 is 4.79 Å². The number of carbonyl (C=O) groups is 1. The Morgan fingerprint density at radius 1 is 1.05 bits per heavy atom. The zero-order valence-corrected chi connectivity index (χ0v) is 12.8. The summed E-state index contributed by atoms with van der Waals surface area (Å²) in [6.07, 6.45) is 8.37. The topological polar surface area (TPSA) is 41.1 Å². The minimum atomic E-state index is 0.0521. The van der Waals surface area contributed by atoms with Gasteiger partial charge in [-0.15, -0.1) is 0 Å². The van der Waals surface area contributed by atoms with E-state index in [9.17, 15) is 4.79 Å². The lowest BCUT2D eigenvalue weighted by Gasteiger charge is -2.41. The normalized spacial score (nSPS) is 32.9. The number of hydrogen-bond donors (Lipinski definition) is 2. The summed E-state index contributed by atoms with van der Waals surface area (Å²) >= 11 is 0. The van der Waals surface area contributed by atoms with Gasteiger partial charge in [0, 0.05) is 6.04 Å². The first-order valence-corrected chi connectivity index (χ1v) is 8.02. The molecule has 3 atom stereocenters. The van der Waals surface area contributed by atoms with E-state index < -0.39 is 0 Å². The Labute approximate surface area is 117 Å². The third-order valence-corrected chi connectivity index (χ3v) is 4.83. The zero-order chi connectivity index (χ0) is 13.9. The molecule has 1 amide bonds. The Morgan fingerprint density at radius 3 is 2.37 bits per heavy atom. The molecule has 110 valence electrons. The van der Waals surface area contributed by atoms with Gasteiger partial charge in [-0.1, -0.05) is 40.0 Å². The predicted molar refractivity (Wildman–Crippen MR) is 79.0 cm³/mol. The highest BCUT2D eigenvalue weighted by Gasteiger charge is 2.35. The maximum Gasteiger partial charge on any atom is 0.237 e. The Hall–Kier alpha value is -0.570. The molecule has 0 aromatic carbocycles. The fraction of sp³-hybridized carbons (Fsp3) is 0.938. The molecule has 3 nitrogen and oxygen atoms in total. The van der Waals surface area contributed by atoms with Crippen LogP contribution in [0.3, 0.4) is 0 Å². The summed E-state index contributed by atoms with van der Waals surface area (Å²) in [5.74, 6) is 0.856. The monoisotopic (exact) mass is 266 g/mol. The summed E-state index contributed by atoms with van der Waals surface area (Å²) in [5.41, 5.74) is 0.290. The van der Waals surface area contributed by atoms with Gasteiger partial charge in [-0.25, -0.2) is 0 Å². The van der Waals surface area contributed by atoms with Gasteiger partial charge in [-0.05, 0) is 43.6 Å². The van der Waals surface area contributed by atoms with Crippen molar-refractivity contribution in [1.82, 2.24) is 10.6 Å². The SMILES string of the molecule is CC(C)(C)C1CCCCC1NC(=O)C1CCCCN1. The first kappa shape index (κ1) is 14.8. The molecule has 2 rings (SSSR count). The summed E-state index contributed by atoms with van der Waals surface area (Å²) < 4.78 is 0. The maximum atomic E-state index is 12.4. The van der Waals surface area contributed by atoms with Crippen molar-refractivity contribution in [3.63, 3.8) is 0 Å². The van der Waals surface area contributed by atoms with Gasteiger partial charge in [-0.2, -0.15) is 0 Å². The van der Waals surface area contributed by atoms with Crippen LogP contribution >= 0.6 is 0 Å². The quantitative estimate of drug-likeness (QED) is 0.807. The van der Waals surface area contributed by atoms with Crippen molar-refractivity contribution in [2.45, 2.75) is 77.8 Å². The number of rotatable bonds is 2. The van der Waals surface area contributed by atoms with Crippen LogP contribution in [0.25, 0.3) is 0 Å². The molecule has 0 bridgehead atoms. The molecule has 2 fully saturated rings. The minimum absolute atomic E-state index is 0.0521. The van der Waals surface area contributed by atoms with E-state index in [2.05, 4.69) is 31.4 Å². The van der Waals surface area contributed by atoms with E-state index in [-0.39, 0.29) is 11.9 Å². The van der Waals surface area contributed by atoms with Crippen LogP contribution in [0.2, 0.25) is 0 Å². The van der Waals surface area contributed by atoms with E-state index >= 15 is 0 Å². The van der Waals surface area contributed by atoms with Gasteiger partial charge in [0.15, 0.2) is 0 Å². The lowest BCUT2D eigenvalue weighted by molar-refractivity contribution is -0.125. The zero-order valence-electron chi connectivity index (χ0n) is 12.8. The van der Waals surface area contributed by atoms with Crippen LogP contribution < -0.4 is 10.6 Å². The third kappa shape index (κ3) is 3.95. The molecular formula is C16H30N2O. The lowest BCUT2D eigenvalue weighted by Crippen LogP contribution is -2.53. The van der Waals surface area contributed by atoms with Crippen LogP contribution in [0.4, 0.5) is 0 Å². The van der Waals surface area contributed by atoms with E-state index in [0.29, 0.717) is 17.4 Å². The van der Waals surface area contributed by atoms with Gasteiger partial charge in [-0.3, -0.25) is 4.79 Å². The molecule has 1 saturated carbocycles. The van der Waals surface area contributed by atoms with Crippen molar-refractivity contribution in [1.29, 1.82) is 0 Å². The third-order valence-electron chi connectivity index (χ3n) is 4.83. The van der Waals surface area contributed by atoms with Gasteiger partial charge < -0.3 is 10.6 Å². The number of carbonyl (C=O) groups excluding carboxylic acids is 1. The van der Waals surface area contributed by atoms with E-state index in [1.165, 1.54) is 32.1 Å². The number of amides is 1. The largest absolute Gasteiger partial charge is 0.352 e. The molecular weight excluding hydrogens is 236 g/mol. The van der Waals surface area contributed by atoms with Crippen LogP contribution in [0, 0.1) is 11.3 Å². The maximum absolute atomic E-state index is 12.4. The van der Waals surface area contributed by atoms with Crippen molar-refractivity contribution in [3.8, 4) is 0 Å². The summed E-state index contributed by atoms with van der Waals surface area (Å²) in [6.45, 7) is 7.91. The first-order chi connectivity index (χ1) is 8.98. The molecule has 0 spiro atoms. The standard InChI is InChI=1S/C16H30N2O/c1-16(2,3)12-8-4-5-9-13(12)18-15(19)14-10-6-7-11-17-14/h12-14,17H,4-11H2,1-3H3,(H,18,19). The fourth-order valence-corrected chi connectivity index (χ4v) is 3.70. The highest BCUT2D eigenvalue weighted by molar-refractivity contribution is 5.82. The van der Waals surface area contributed by atoms with Crippen LogP contribution in [-0.4, -0.2) is 24.5 Å². The number of nitrogens with one attached hydrogen (secondary N) is 2. The summed E-state index contributed by atoms with van der Waals surface area (Å²) in [4.78, 5) is 12.4. The lowest BCUT2D eigenvalue weighted by atomic mass is 9.69. The average molecular weight is 266 g/mol. The van der Waals surface area contributed by atoms with Gasteiger partial charge in [0.2, 0.25) is 5.91 Å². The van der Waals surface area contributed by atoms with Gasteiger partial charge in [0.1, 0.15) is 0 Å². The molecule has 0 aromatic rings. The average Bonchev–Trinajstić information content (AvgIpc) is 2.39. The molecule has 0 aromatic heterocycles. The Balaban J connectivity index is 1.93. The van der Waals surface area contributed by atoms with E-state index in [1.54, 1.807) is 0 Å². The molecule has 1 aliphatic heterocycles. The van der Waals surface area contributed by atoms with Crippen LogP contribution in [-0.2, 0) is 4.79 Å². The van der Waals surface area contributed by atoms with E-state index in [1.807, 2.05) is 0 Å². The molecule has 1 aliphatic carbocycles. The Bertz CT molecular complexity index is 302. The second-order valence-corrected chi connectivity index (χ2v) is 7.37. The number of hydrogen-bond acceptors (Lipinski definition) is 2. The fourth-order valence-electron chi connectivity index (χ4n) is 3.70. The van der Waals surface area contributed by atoms with Crippen LogP contribution in [0.5, 0.6) is 0 Å². The van der Waals surface area contributed by atoms with Crippen molar-refractivity contribution in [3.05, 3.63) is 0 Å². The summed E-state index contributed by atoms with van der Waals surface area (Å²) in [7, 11) is 0. The smallest absolute Gasteiger partial charge is 0.237 e. The van der Waals surface area contributed by atoms with Gasteiger partial charge >= 0.3 is 0 Å². The van der Waals surface area contributed by atoms with Crippen LogP contribution in [0.1, 0.15) is 65.7 Å². The van der Waals surface area contributed by atoms with Crippen molar-refractivity contribution in [2.75, 3.05) is 6.54 Å². The molecule has 3 heteroatoms.